The highest BCUT2D eigenvalue weighted by molar-refractivity contribution is 7.80. The van der Waals surface area contributed by atoms with E-state index >= 15 is 0 Å². The zero-order valence-electron chi connectivity index (χ0n) is 8.86. The summed E-state index contributed by atoms with van der Waals surface area (Å²) in [4.78, 5) is 5.66. The van der Waals surface area contributed by atoms with E-state index in [0.717, 1.165) is 16.8 Å². The van der Waals surface area contributed by atoms with Crippen molar-refractivity contribution in [3.63, 3.8) is 0 Å². The fourth-order valence-corrected chi connectivity index (χ4v) is 2.59. The van der Waals surface area contributed by atoms with Crippen molar-refractivity contribution < 1.29 is 0 Å². The molecule has 0 N–H and O–H groups in total. The highest BCUT2D eigenvalue weighted by atomic mass is 32.1. The quantitative estimate of drug-likeness (QED) is 0.749. The zero-order valence-corrected chi connectivity index (χ0v) is 10.5. The second kappa shape index (κ2) is 4.37. The lowest BCUT2D eigenvalue weighted by Crippen LogP contribution is -2.07. The number of para-hydroxylation sites is 1. The Morgan fingerprint density at radius 3 is 2.87 bits per heavy atom. The van der Waals surface area contributed by atoms with Crippen LogP contribution < -0.4 is 0 Å². The van der Waals surface area contributed by atoms with E-state index in [4.69, 9.17) is 12.2 Å². The van der Waals surface area contributed by atoms with E-state index < -0.39 is 0 Å². The van der Waals surface area contributed by atoms with Crippen LogP contribution >= 0.6 is 23.6 Å². The van der Waals surface area contributed by atoms with Crippen molar-refractivity contribution in [2.45, 2.75) is 20.3 Å². The highest BCUT2D eigenvalue weighted by Crippen LogP contribution is 2.23. The van der Waals surface area contributed by atoms with Gasteiger partial charge < -0.3 is 0 Å². The lowest BCUT2D eigenvalue weighted by molar-refractivity contribution is 0.771. The summed E-state index contributed by atoms with van der Waals surface area (Å²) < 4.78 is 1.27. The number of thiocarbonyl (C=S) groups is 1. The number of thiazole rings is 1. The van der Waals surface area contributed by atoms with E-state index in [-0.39, 0.29) is 0 Å². The van der Waals surface area contributed by atoms with E-state index in [0.29, 0.717) is 5.92 Å². The second-order valence-electron chi connectivity index (χ2n) is 3.79. The van der Waals surface area contributed by atoms with Crippen molar-refractivity contribution in [3.05, 3.63) is 29.3 Å². The van der Waals surface area contributed by atoms with Gasteiger partial charge in [0, 0.05) is 6.42 Å². The normalized spacial score (nSPS) is 12.9. The molecule has 1 aromatic heterocycles. The van der Waals surface area contributed by atoms with E-state index in [2.05, 4.69) is 30.1 Å². The van der Waals surface area contributed by atoms with Gasteiger partial charge in [0.2, 0.25) is 0 Å². The third-order valence-electron chi connectivity index (χ3n) is 2.51. The van der Waals surface area contributed by atoms with Gasteiger partial charge in [-0.15, -0.1) is 11.3 Å². The molecule has 0 aliphatic carbocycles. The van der Waals surface area contributed by atoms with Gasteiger partial charge in [-0.1, -0.05) is 31.3 Å². The smallest absolute Gasteiger partial charge is 0.0944 e. The first-order chi connectivity index (χ1) is 7.16. The van der Waals surface area contributed by atoms with Crippen LogP contribution in [0.4, 0.5) is 0 Å². The van der Waals surface area contributed by atoms with Crippen LogP contribution in [-0.4, -0.2) is 9.85 Å². The standard InChI is InChI=1S/C12H13NS2/c1-8(9(2)14)7-12-13-10-5-3-4-6-11(10)15-12/h3-6,8H,7H2,1-2H3. The molecule has 1 aromatic carbocycles. The molecule has 15 heavy (non-hydrogen) atoms. The van der Waals surface area contributed by atoms with E-state index in [1.165, 1.54) is 9.71 Å². The Labute approximate surface area is 99.2 Å². The van der Waals surface area contributed by atoms with Crippen molar-refractivity contribution in [1.82, 2.24) is 4.98 Å². The number of benzene rings is 1. The van der Waals surface area contributed by atoms with Crippen molar-refractivity contribution in [3.8, 4) is 0 Å². The summed E-state index contributed by atoms with van der Waals surface area (Å²) in [7, 11) is 0. The predicted octanol–water partition coefficient (Wildman–Crippen LogP) is 3.86. The first-order valence-electron chi connectivity index (χ1n) is 5.01. The van der Waals surface area contributed by atoms with Crippen molar-refractivity contribution in [2.75, 3.05) is 0 Å². The first kappa shape index (κ1) is 10.7. The molecule has 1 atom stereocenters. The minimum absolute atomic E-state index is 0.445. The fourth-order valence-electron chi connectivity index (χ4n) is 1.41. The molecule has 0 saturated heterocycles. The fraction of sp³-hybridized carbons (Fsp3) is 0.333. The van der Waals surface area contributed by atoms with Crippen molar-refractivity contribution in [1.29, 1.82) is 0 Å². The maximum Gasteiger partial charge on any atom is 0.0944 e. The number of hydrogen-bond donors (Lipinski definition) is 0. The Morgan fingerprint density at radius 2 is 2.20 bits per heavy atom. The molecule has 3 heteroatoms. The van der Waals surface area contributed by atoms with Gasteiger partial charge in [-0.3, -0.25) is 0 Å². The molecule has 2 aromatic rings. The van der Waals surface area contributed by atoms with Gasteiger partial charge in [0.05, 0.1) is 15.2 Å². The summed E-state index contributed by atoms with van der Waals surface area (Å²) in [6.07, 6.45) is 0.967. The third-order valence-corrected chi connectivity index (χ3v) is 3.97. The maximum atomic E-state index is 5.18. The summed E-state index contributed by atoms with van der Waals surface area (Å²) in [5.74, 6) is 0.445. The molecule has 78 valence electrons. The lowest BCUT2D eigenvalue weighted by atomic mass is 10.1. The molecule has 0 fully saturated rings. The molecule has 0 aliphatic heterocycles. The number of rotatable bonds is 3. The highest BCUT2D eigenvalue weighted by Gasteiger charge is 2.09. The summed E-state index contributed by atoms with van der Waals surface area (Å²) in [6, 6.07) is 8.26. The zero-order chi connectivity index (χ0) is 10.8. The molecule has 0 amide bonds. The Balaban J connectivity index is 2.26. The van der Waals surface area contributed by atoms with Crippen LogP contribution in [0.3, 0.4) is 0 Å². The Morgan fingerprint density at radius 1 is 1.47 bits per heavy atom. The molecule has 0 bridgehead atoms. The summed E-state index contributed by atoms with van der Waals surface area (Å²) in [5, 5.41) is 1.19. The molecular weight excluding hydrogens is 222 g/mol. The van der Waals surface area contributed by atoms with Gasteiger partial charge in [-0.2, -0.15) is 0 Å². The molecule has 2 rings (SSSR count). The van der Waals surface area contributed by atoms with E-state index in [9.17, 15) is 0 Å². The van der Waals surface area contributed by atoms with Crippen LogP contribution in [0.25, 0.3) is 10.2 Å². The Bertz CT molecular complexity index is 454. The van der Waals surface area contributed by atoms with Crippen LogP contribution in [0.5, 0.6) is 0 Å². The number of hydrogen-bond acceptors (Lipinski definition) is 3. The number of aromatic nitrogens is 1. The second-order valence-corrected chi connectivity index (χ2v) is 5.55. The average Bonchev–Trinajstić information content (AvgIpc) is 2.59. The lowest BCUT2D eigenvalue weighted by Gasteiger charge is -2.05. The Hall–Kier alpha value is -0.800. The van der Waals surface area contributed by atoms with Crippen molar-refractivity contribution >= 4 is 38.6 Å². The average molecular weight is 235 g/mol. The van der Waals surface area contributed by atoms with Gasteiger partial charge in [0.1, 0.15) is 0 Å². The van der Waals surface area contributed by atoms with Gasteiger partial charge in [0.25, 0.3) is 0 Å². The minimum atomic E-state index is 0.445. The molecule has 0 saturated carbocycles. The molecule has 0 aliphatic rings. The maximum absolute atomic E-state index is 5.18. The largest absolute Gasteiger partial charge is 0.241 e. The van der Waals surface area contributed by atoms with Crippen LogP contribution in [0.1, 0.15) is 18.9 Å². The van der Waals surface area contributed by atoms with E-state index in [1.807, 2.05) is 13.0 Å². The summed E-state index contributed by atoms with van der Waals surface area (Å²) in [5.41, 5.74) is 1.10. The van der Waals surface area contributed by atoms with Crippen molar-refractivity contribution in [2.24, 2.45) is 5.92 Å². The third kappa shape index (κ3) is 2.41. The number of fused-ring (bicyclic) bond motifs is 1. The van der Waals surface area contributed by atoms with Crippen LogP contribution in [0.2, 0.25) is 0 Å². The Kier molecular flexibility index (Phi) is 3.12. The number of nitrogens with zero attached hydrogens (tertiary/aromatic N) is 1. The van der Waals surface area contributed by atoms with Gasteiger partial charge >= 0.3 is 0 Å². The molecule has 1 nitrogen and oxygen atoms in total. The van der Waals surface area contributed by atoms with Gasteiger partial charge in [-0.25, -0.2) is 4.98 Å². The summed E-state index contributed by atoms with van der Waals surface area (Å²) >= 11 is 6.95. The molecular formula is C12H13NS2. The van der Waals surface area contributed by atoms with Crippen LogP contribution in [0.15, 0.2) is 24.3 Å². The monoisotopic (exact) mass is 235 g/mol. The van der Waals surface area contributed by atoms with Gasteiger partial charge in [0.15, 0.2) is 0 Å². The minimum Gasteiger partial charge on any atom is -0.241 e. The van der Waals surface area contributed by atoms with Crippen LogP contribution in [-0.2, 0) is 6.42 Å². The molecule has 0 radical (unpaired) electrons. The summed E-state index contributed by atoms with van der Waals surface area (Å²) in [6.45, 7) is 4.17. The topological polar surface area (TPSA) is 12.9 Å². The SMILES string of the molecule is CC(=S)C(C)Cc1nc2ccccc2s1. The first-order valence-corrected chi connectivity index (χ1v) is 6.24. The van der Waals surface area contributed by atoms with Gasteiger partial charge in [-0.05, 0) is 29.8 Å². The van der Waals surface area contributed by atoms with E-state index in [1.54, 1.807) is 11.3 Å². The molecule has 1 unspecified atom stereocenters. The molecule has 0 spiro atoms. The van der Waals surface area contributed by atoms with Crippen LogP contribution in [0, 0.1) is 5.92 Å². The molecule has 1 heterocycles. The predicted molar refractivity (Wildman–Crippen MR) is 70.8 cm³/mol.